The van der Waals surface area contributed by atoms with Gasteiger partial charge in [0.2, 0.25) is 0 Å². The first-order chi connectivity index (χ1) is 8.26. The number of methoxy groups -OCH3 is 1. The molecular formula is C11H12N4O2. The Morgan fingerprint density at radius 3 is 2.88 bits per heavy atom. The van der Waals surface area contributed by atoms with E-state index in [2.05, 4.69) is 15.1 Å². The first-order valence-electron chi connectivity index (χ1n) is 5.18. The van der Waals surface area contributed by atoms with Crippen molar-refractivity contribution in [1.82, 2.24) is 19.7 Å². The van der Waals surface area contributed by atoms with Crippen molar-refractivity contribution in [2.24, 2.45) is 0 Å². The van der Waals surface area contributed by atoms with Gasteiger partial charge in [0.1, 0.15) is 17.0 Å². The second-order valence-electron chi connectivity index (χ2n) is 3.33. The maximum Gasteiger partial charge on any atom is 0.341 e. The molecule has 0 saturated carbocycles. The average molecular weight is 232 g/mol. The molecule has 2 rings (SSSR count). The molecule has 0 radical (unpaired) electrons. The summed E-state index contributed by atoms with van der Waals surface area (Å²) < 4.78 is 6.38. The highest BCUT2D eigenvalue weighted by Gasteiger charge is 2.18. The van der Waals surface area contributed by atoms with Gasteiger partial charge < -0.3 is 4.74 Å². The van der Waals surface area contributed by atoms with E-state index in [1.165, 1.54) is 7.11 Å². The number of rotatable bonds is 3. The SMILES string of the molecule is CCn1cc(C(=O)OC)c(-c2cnccn2)n1. The quantitative estimate of drug-likeness (QED) is 0.742. The summed E-state index contributed by atoms with van der Waals surface area (Å²) in [6.45, 7) is 2.61. The van der Waals surface area contributed by atoms with Gasteiger partial charge in [0.25, 0.3) is 0 Å². The third kappa shape index (κ3) is 2.15. The number of hydrogen-bond donors (Lipinski definition) is 0. The highest BCUT2D eigenvalue weighted by molar-refractivity contribution is 5.95. The van der Waals surface area contributed by atoms with Crippen LogP contribution in [0.4, 0.5) is 0 Å². The zero-order chi connectivity index (χ0) is 12.3. The number of esters is 1. The van der Waals surface area contributed by atoms with Crippen LogP contribution in [0.1, 0.15) is 17.3 Å². The molecule has 88 valence electrons. The topological polar surface area (TPSA) is 69.9 Å². The number of ether oxygens (including phenoxy) is 1. The summed E-state index contributed by atoms with van der Waals surface area (Å²) in [5.74, 6) is -0.426. The predicted molar refractivity (Wildman–Crippen MR) is 60.3 cm³/mol. The molecule has 0 fully saturated rings. The third-order valence-electron chi connectivity index (χ3n) is 2.30. The molecule has 0 saturated heterocycles. The number of carbonyl (C=O) groups excluding carboxylic acids is 1. The third-order valence-corrected chi connectivity index (χ3v) is 2.30. The summed E-state index contributed by atoms with van der Waals surface area (Å²) in [7, 11) is 1.34. The van der Waals surface area contributed by atoms with E-state index in [1.807, 2.05) is 6.92 Å². The lowest BCUT2D eigenvalue weighted by molar-refractivity contribution is 0.0601. The van der Waals surface area contributed by atoms with Gasteiger partial charge in [0.15, 0.2) is 0 Å². The van der Waals surface area contributed by atoms with E-state index in [0.717, 1.165) is 0 Å². The Bertz CT molecular complexity index is 522. The molecule has 0 N–H and O–H groups in total. The first kappa shape index (κ1) is 11.3. The van der Waals surface area contributed by atoms with Crippen molar-refractivity contribution < 1.29 is 9.53 Å². The van der Waals surface area contributed by atoms with Crippen LogP contribution >= 0.6 is 0 Å². The molecule has 0 bridgehead atoms. The maximum atomic E-state index is 11.6. The van der Waals surface area contributed by atoms with Crippen molar-refractivity contribution in [1.29, 1.82) is 0 Å². The normalized spacial score (nSPS) is 10.2. The van der Waals surface area contributed by atoms with Gasteiger partial charge in [-0.05, 0) is 6.92 Å². The van der Waals surface area contributed by atoms with Crippen molar-refractivity contribution in [2.45, 2.75) is 13.5 Å². The van der Waals surface area contributed by atoms with E-state index >= 15 is 0 Å². The number of hydrogen-bond acceptors (Lipinski definition) is 5. The molecule has 6 heteroatoms. The summed E-state index contributed by atoms with van der Waals surface area (Å²) in [6, 6.07) is 0. The molecule has 17 heavy (non-hydrogen) atoms. The molecule has 2 heterocycles. The Morgan fingerprint density at radius 1 is 1.47 bits per heavy atom. The van der Waals surface area contributed by atoms with Crippen molar-refractivity contribution in [3.05, 3.63) is 30.4 Å². The Kier molecular flexibility index (Phi) is 3.13. The van der Waals surface area contributed by atoms with Gasteiger partial charge in [-0.15, -0.1) is 0 Å². The van der Waals surface area contributed by atoms with Crippen LogP contribution in [0.3, 0.4) is 0 Å². The monoisotopic (exact) mass is 232 g/mol. The first-order valence-corrected chi connectivity index (χ1v) is 5.18. The second kappa shape index (κ2) is 4.73. The maximum absolute atomic E-state index is 11.6. The van der Waals surface area contributed by atoms with Crippen LogP contribution < -0.4 is 0 Å². The van der Waals surface area contributed by atoms with Gasteiger partial charge in [-0.25, -0.2) is 4.79 Å². The number of aromatic nitrogens is 4. The minimum Gasteiger partial charge on any atom is -0.465 e. The van der Waals surface area contributed by atoms with Gasteiger partial charge in [0, 0.05) is 25.1 Å². The van der Waals surface area contributed by atoms with Crippen molar-refractivity contribution in [3.8, 4) is 11.4 Å². The van der Waals surface area contributed by atoms with E-state index < -0.39 is 5.97 Å². The fraction of sp³-hybridized carbons (Fsp3) is 0.273. The Balaban J connectivity index is 2.52. The Hall–Kier alpha value is -2.24. The van der Waals surface area contributed by atoms with Crippen molar-refractivity contribution in [3.63, 3.8) is 0 Å². The van der Waals surface area contributed by atoms with E-state index in [1.54, 1.807) is 29.5 Å². The summed E-state index contributed by atoms with van der Waals surface area (Å²) in [5.41, 5.74) is 1.45. The van der Waals surface area contributed by atoms with Gasteiger partial charge in [0.05, 0.1) is 13.3 Å². The highest BCUT2D eigenvalue weighted by Crippen LogP contribution is 2.19. The fourth-order valence-corrected chi connectivity index (χ4v) is 1.45. The van der Waals surface area contributed by atoms with Crippen LogP contribution in [-0.4, -0.2) is 32.8 Å². The van der Waals surface area contributed by atoms with Crippen LogP contribution in [0.25, 0.3) is 11.4 Å². The van der Waals surface area contributed by atoms with Crippen LogP contribution in [0.5, 0.6) is 0 Å². The van der Waals surface area contributed by atoms with E-state index in [9.17, 15) is 4.79 Å². The molecule has 2 aromatic rings. The molecule has 0 aliphatic carbocycles. The van der Waals surface area contributed by atoms with Crippen LogP contribution in [0.2, 0.25) is 0 Å². The minimum absolute atomic E-state index is 0.398. The highest BCUT2D eigenvalue weighted by atomic mass is 16.5. The molecule has 2 aromatic heterocycles. The van der Waals surface area contributed by atoms with Crippen molar-refractivity contribution >= 4 is 5.97 Å². The summed E-state index contributed by atoms with van der Waals surface area (Å²) >= 11 is 0. The van der Waals surface area contributed by atoms with Crippen molar-refractivity contribution in [2.75, 3.05) is 7.11 Å². The molecule has 0 spiro atoms. The Labute approximate surface area is 98.3 Å². The van der Waals surface area contributed by atoms with Gasteiger partial charge in [-0.3, -0.25) is 14.6 Å². The Morgan fingerprint density at radius 2 is 2.29 bits per heavy atom. The predicted octanol–water partition coefficient (Wildman–Crippen LogP) is 1.15. The zero-order valence-corrected chi connectivity index (χ0v) is 9.62. The smallest absolute Gasteiger partial charge is 0.341 e. The molecule has 0 aliphatic heterocycles. The average Bonchev–Trinajstić information content (AvgIpc) is 2.83. The molecule has 0 atom stereocenters. The minimum atomic E-state index is -0.426. The van der Waals surface area contributed by atoms with Gasteiger partial charge >= 0.3 is 5.97 Å². The van der Waals surface area contributed by atoms with E-state index in [-0.39, 0.29) is 0 Å². The molecule has 0 aliphatic rings. The van der Waals surface area contributed by atoms with Crippen LogP contribution in [0, 0.1) is 0 Å². The molecule has 0 unspecified atom stereocenters. The zero-order valence-electron chi connectivity index (χ0n) is 9.62. The van der Waals surface area contributed by atoms with Crippen LogP contribution in [0.15, 0.2) is 24.8 Å². The largest absolute Gasteiger partial charge is 0.465 e. The lowest BCUT2D eigenvalue weighted by Gasteiger charge is -1.98. The molecular weight excluding hydrogens is 220 g/mol. The second-order valence-corrected chi connectivity index (χ2v) is 3.33. The molecule has 0 amide bonds. The lowest BCUT2D eigenvalue weighted by atomic mass is 10.2. The summed E-state index contributed by atoms with van der Waals surface area (Å²) in [6.07, 6.45) is 6.34. The number of aryl methyl sites for hydroxylation is 1. The molecule has 6 nitrogen and oxygen atoms in total. The van der Waals surface area contributed by atoms with Gasteiger partial charge in [-0.1, -0.05) is 0 Å². The number of carbonyl (C=O) groups is 1. The fourth-order valence-electron chi connectivity index (χ4n) is 1.45. The van der Waals surface area contributed by atoms with E-state index in [0.29, 0.717) is 23.5 Å². The lowest BCUT2D eigenvalue weighted by Crippen LogP contribution is -2.02. The summed E-state index contributed by atoms with van der Waals surface area (Å²) in [4.78, 5) is 19.7. The number of nitrogens with zero attached hydrogens (tertiary/aromatic N) is 4. The van der Waals surface area contributed by atoms with Gasteiger partial charge in [-0.2, -0.15) is 5.10 Å². The standard InChI is InChI=1S/C11H12N4O2/c1-3-15-7-8(11(16)17-2)10(14-15)9-6-12-4-5-13-9/h4-7H,3H2,1-2H3. The summed E-state index contributed by atoms with van der Waals surface area (Å²) in [5, 5.41) is 4.28. The van der Waals surface area contributed by atoms with Crippen LogP contribution in [-0.2, 0) is 11.3 Å². The van der Waals surface area contributed by atoms with E-state index in [4.69, 9.17) is 4.74 Å². The molecule has 0 aromatic carbocycles.